The summed E-state index contributed by atoms with van der Waals surface area (Å²) in [6, 6.07) is 9.11. The molecule has 0 aliphatic heterocycles. The average Bonchev–Trinajstić information content (AvgIpc) is 2.96. The summed E-state index contributed by atoms with van der Waals surface area (Å²) in [7, 11) is 3.88. The van der Waals surface area contributed by atoms with Gasteiger partial charge in [0.1, 0.15) is 5.01 Å². The second kappa shape index (κ2) is 8.72. The smallest absolute Gasteiger partial charge is 0.321 e. The highest BCUT2D eigenvalue weighted by Gasteiger charge is 2.22. The lowest BCUT2D eigenvalue weighted by Gasteiger charge is -2.26. The van der Waals surface area contributed by atoms with Crippen LogP contribution in [0.25, 0.3) is 0 Å². The van der Waals surface area contributed by atoms with Crippen LogP contribution in [0.15, 0.2) is 30.3 Å². The van der Waals surface area contributed by atoms with Crippen molar-refractivity contribution in [2.75, 3.05) is 32.5 Å². The minimum absolute atomic E-state index is 0.135. The number of aromatic nitrogens is 2. The number of aryl methyl sites for hydroxylation is 1. The summed E-state index contributed by atoms with van der Waals surface area (Å²) in [6.07, 6.45) is -0.655. The maximum absolute atomic E-state index is 12.0. The number of hydrogen-bond donors (Lipinski definition) is 3. The van der Waals surface area contributed by atoms with Gasteiger partial charge in [0, 0.05) is 19.0 Å². The van der Waals surface area contributed by atoms with Crippen LogP contribution in [0.4, 0.5) is 9.93 Å². The number of nitrogens with one attached hydrogen (secondary N) is 2. The second-order valence-corrected chi connectivity index (χ2v) is 7.02. The first-order chi connectivity index (χ1) is 11.5. The molecule has 0 bridgehead atoms. The van der Waals surface area contributed by atoms with Gasteiger partial charge < -0.3 is 15.3 Å². The Hall–Kier alpha value is -2.03. The van der Waals surface area contributed by atoms with E-state index in [4.69, 9.17) is 0 Å². The van der Waals surface area contributed by atoms with Gasteiger partial charge in [-0.15, -0.1) is 10.2 Å². The molecule has 2 rings (SSSR count). The van der Waals surface area contributed by atoms with Crippen LogP contribution in [-0.2, 0) is 0 Å². The molecular weight excluding hydrogens is 326 g/mol. The third kappa shape index (κ3) is 5.55. The molecule has 0 spiro atoms. The standard InChI is InChI=1S/C16H23N5O2S/c1-11-19-20-16(24-11)18-15(23)17-9-13(10-21(2)3)14(22)12-7-5-4-6-8-12/h4-8,13-14,22H,9-10H2,1-3H3,(H2,17,18,20,23). The number of hydrogen-bond acceptors (Lipinski definition) is 6. The summed E-state index contributed by atoms with van der Waals surface area (Å²) < 4.78 is 0. The van der Waals surface area contributed by atoms with Gasteiger partial charge >= 0.3 is 6.03 Å². The second-order valence-electron chi connectivity index (χ2n) is 5.84. The molecule has 1 aromatic carbocycles. The van der Waals surface area contributed by atoms with E-state index in [1.807, 2.05) is 56.3 Å². The average molecular weight is 349 g/mol. The van der Waals surface area contributed by atoms with Gasteiger partial charge in [-0.05, 0) is 26.6 Å². The van der Waals surface area contributed by atoms with E-state index >= 15 is 0 Å². The van der Waals surface area contributed by atoms with Gasteiger partial charge in [-0.1, -0.05) is 41.7 Å². The van der Waals surface area contributed by atoms with Crippen molar-refractivity contribution in [1.82, 2.24) is 20.4 Å². The highest BCUT2D eigenvalue weighted by Crippen LogP contribution is 2.22. The van der Waals surface area contributed by atoms with E-state index in [0.29, 0.717) is 18.2 Å². The van der Waals surface area contributed by atoms with Crippen LogP contribution in [0.1, 0.15) is 16.7 Å². The Kier molecular flexibility index (Phi) is 6.65. The Bertz CT molecular complexity index is 647. The zero-order valence-electron chi connectivity index (χ0n) is 14.1. The molecule has 8 heteroatoms. The first-order valence-electron chi connectivity index (χ1n) is 7.68. The molecule has 130 valence electrons. The zero-order chi connectivity index (χ0) is 17.5. The molecule has 0 saturated carbocycles. The predicted molar refractivity (Wildman–Crippen MR) is 95.1 cm³/mol. The Balaban J connectivity index is 1.94. The Labute approximate surface area is 145 Å². The van der Waals surface area contributed by atoms with Gasteiger partial charge in [0.25, 0.3) is 0 Å². The number of carbonyl (C=O) groups excluding carboxylic acids is 1. The summed E-state index contributed by atoms with van der Waals surface area (Å²) in [5, 5.41) is 25.0. The lowest BCUT2D eigenvalue weighted by atomic mass is 9.95. The van der Waals surface area contributed by atoms with Crippen LogP contribution < -0.4 is 10.6 Å². The monoisotopic (exact) mass is 349 g/mol. The van der Waals surface area contributed by atoms with Gasteiger partial charge in [-0.3, -0.25) is 5.32 Å². The van der Waals surface area contributed by atoms with E-state index in [0.717, 1.165) is 10.6 Å². The van der Waals surface area contributed by atoms with E-state index in [9.17, 15) is 9.90 Å². The molecule has 1 aromatic heterocycles. The third-order valence-corrected chi connectivity index (χ3v) is 4.21. The fraction of sp³-hybridized carbons (Fsp3) is 0.438. The van der Waals surface area contributed by atoms with Crippen molar-refractivity contribution in [1.29, 1.82) is 0 Å². The molecule has 7 nitrogen and oxygen atoms in total. The first kappa shape index (κ1) is 18.3. The number of anilines is 1. The van der Waals surface area contributed by atoms with Crippen molar-refractivity contribution in [3.63, 3.8) is 0 Å². The van der Waals surface area contributed by atoms with Crippen LogP contribution >= 0.6 is 11.3 Å². The van der Waals surface area contributed by atoms with Crippen LogP contribution in [-0.4, -0.2) is 53.4 Å². The van der Waals surface area contributed by atoms with Crippen molar-refractivity contribution in [3.8, 4) is 0 Å². The molecular formula is C16H23N5O2S. The van der Waals surface area contributed by atoms with Gasteiger partial charge in [0.15, 0.2) is 0 Å². The normalized spacial score (nSPS) is 13.5. The summed E-state index contributed by atoms with van der Waals surface area (Å²) in [5.41, 5.74) is 0.839. The highest BCUT2D eigenvalue weighted by atomic mass is 32.1. The summed E-state index contributed by atoms with van der Waals surface area (Å²) in [6.45, 7) is 2.82. The van der Waals surface area contributed by atoms with Gasteiger partial charge in [0.05, 0.1) is 6.10 Å². The minimum atomic E-state index is -0.655. The van der Waals surface area contributed by atoms with Crippen molar-refractivity contribution in [2.24, 2.45) is 5.92 Å². The van der Waals surface area contributed by atoms with Crippen molar-refractivity contribution >= 4 is 22.5 Å². The molecule has 2 amide bonds. The zero-order valence-corrected chi connectivity index (χ0v) is 14.9. The maximum Gasteiger partial charge on any atom is 0.321 e. The largest absolute Gasteiger partial charge is 0.388 e. The molecule has 24 heavy (non-hydrogen) atoms. The van der Waals surface area contributed by atoms with E-state index in [-0.39, 0.29) is 11.9 Å². The van der Waals surface area contributed by atoms with Crippen LogP contribution in [0.2, 0.25) is 0 Å². The number of nitrogens with zero attached hydrogens (tertiary/aromatic N) is 3. The molecule has 0 aliphatic rings. The third-order valence-electron chi connectivity index (χ3n) is 3.46. The topological polar surface area (TPSA) is 90.4 Å². The molecule has 3 N–H and O–H groups in total. The Morgan fingerprint density at radius 2 is 2.00 bits per heavy atom. The first-order valence-corrected chi connectivity index (χ1v) is 8.50. The van der Waals surface area contributed by atoms with E-state index in [1.165, 1.54) is 11.3 Å². The molecule has 0 fully saturated rings. The fourth-order valence-corrected chi connectivity index (χ4v) is 2.97. The summed E-state index contributed by atoms with van der Waals surface area (Å²) in [4.78, 5) is 14.0. The van der Waals surface area contributed by atoms with Crippen molar-refractivity contribution in [3.05, 3.63) is 40.9 Å². The van der Waals surface area contributed by atoms with E-state index in [1.54, 1.807) is 0 Å². The van der Waals surface area contributed by atoms with Crippen LogP contribution in [0.3, 0.4) is 0 Å². The number of urea groups is 1. The quantitative estimate of drug-likeness (QED) is 0.710. The number of rotatable bonds is 7. The van der Waals surface area contributed by atoms with Crippen LogP contribution in [0, 0.1) is 12.8 Å². The minimum Gasteiger partial charge on any atom is -0.388 e. The molecule has 1 heterocycles. The number of amides is 2. The molecule has 2 unspecified atom stereocenters. The van der Waals surface area contributed by atoms with Gasteiger partial charge in [-0.25, -0.2) is 4.79 Å². The lowest BCUT2D eigenvalue weighted by molar-refractivity contribution is 0.0911. The SMILES string of the molecule is Cc1nnc(NC(=O)NCC(CN(C)C)C(O)c2ccccc2)s1. The molecule has 0 radical (unpaired) electrons. The van der Waals surface area contributed by atoms with Crippen LogP contribution in [0.5, 0.6) is 0 Å². The fourth-order valence-electron chi connectivity index (χ4n) is 2.38. The van der Waals surface area contributed by atoms with Crippen molar-refractivity contribution in [2.45, 2.75) is 13.0 Å². The number of aliphatic hydroxyl groups excluding tert-OH is 1. The Morgan fingerprint density at radius 1 is 1.29 bits per heavy atom. The molecule has 0 saturated heterocycles. The van der Waals surface area contributed by atoms with E-state index in [2.05, 4.69) is 20.8 Å². The summed E-state index contributed by atoms with van der Waals surface area (Å²) in [5.74, 6) is -0.135. The predicted octanol–water partition coefficient (Wildman–Crippen LogP) is 1.88. The number of carbonyl (C=O) groups is 1. The van der Waals surface area contributed by atoms with Gasteiger partial charge in [-0.2, -0.15) is 0 Å². The molecule has 2 aromatic rings. The van der Waals surface area contributed by atoms with Crippen molar-refractivity contribution < 1.29 is 9.90 Å². The molecule has 0 aliphatic carbocycles. The molecule has 2 atom stereocenters. The Morgan fingerprint density at radius 3 is 2.58 bits per heavy atom. The van der Waals surface area contributed by atoms with E-state index < -0.39 is 6.10 Å². The van der Waals surface area contributed by atoms with Gasteiger partial charge in [0.2, 0.25) is 5.13 Å². The lowest BCUT2D eigenvalue weighted by Crippen LogP contribution is -2.39. The highest BCUT2D eigenvalue weighted by molar-refractivity contribution is 7.15. The number of benzene rings is 1. The number of aliphatic hydroxyl groups is 1. The summed E-state index contributed by atoms with van der Waals surface area (Å²) >= 11 is 1.31. The maximum atomic E-state index is 12.0.